The van der Waals surface area contributed by atoms with Crippen molar-refractivity contribution in [2.24, 2.45) is 0 Å². The molecular formula is C16H15BrN4. The van der Waals surface area contributed by atoms with Crippen LogP contribution in [0.3, 0.4) is 0 Å². The monoisotopic (exact) mass is 342 g/mol. The smallest absolute Gasteiger partial charge is 0.129 e. The molecule has 1 unspecified atom stereocenters. The number of nitrogens with one attached hydrogen (secondary N) is 1. The lowest BCUT2D eigenvalue weighted by Crippen LogP contribution is -2.07. The van der Waals surface area contributed by atoms with E-state index in [1.807, 2.05) is 22.9 Å². The Bertz CT molecular complexity index is 707. The van der Waals surface area contributed by atoms with Gasteiger partial charge < -0.3 is 9.88 Å². The van der Waals surface area contributed by atoms with Gasteiger partial charge in [-0.2, -0.15) is 0 Å². The summed E-state index contributed by atoms with van der Waals surface area (Å²) in [5.74, 6) is 0. The molecule has 2 aromatic heterocycles. The van der Waals surface area contributed by atoms with Crippen LogP contribution in [-0.4, -0.2) is 14.5 Å². The molecule has 0 spiro atoms. The lowest BCUT2D eigenvalue weighted by Gasteiger charge is -2.17. The van der Waals surface area contributed by atoms with Crippen LogP contribution in [0.1, 0.15) is 18.5 Å². The van der Waals surface area contributed by atoms with Crippen molar-refractivity contribution in [3.05, 3.63) is 71.5 Å². The highest BCUT2D eigenvalue weighted by molar-refractivity contribution is 9.10. The van der Waals surface area contributed by atoms with Crippen LogP contribution in [0.4, 0.5) is 5.69 Å². The van der Waals surface area contributed by atoms with E-state index in [0.717, 1.165) is 16.0 Å². The molecule has 0 aliphatic heterocycles. The molecule has 5 heteroatoms. The lowest BCUT2D eigenvalue weighted by atomic mass is 10.1. The van der Waals surface area contributed by atoms with Crippen LogP contribution in [0, 0.1) is 0 Å². The van der Waals surface area contributed by atoms with E-state index in [1.165, 1.54) is 5.56 Å². The van der Waals surface area contributed by atoms with Gasteiger partial charge in [-0.1, -0.05) is 12.1 Å². The largest absolute Gasteiger partial charge is 0.376 e. The van der Waals surface area contributed by atoms with Gasteiger partial charge in [0.25, 0.3) is 0 Å². The van der Waals surface area contributed by atoms with E-state index in [4.69, 9.17) is 0 Å². The van der Waals surface area contributed by atoms with Crippen LogP contribution in [-0.2, 0) is 0 Å². The van der Waals surface area contributed by atoms with Gasteiger partial charge in [0.1, 0.15) is 4.60 Å². The minimum Gasteiger partial charge on any atom is -0.376 e. The summed E-state index contributed by atoms with van der Waals surface area (Å²) in [6, 6.07) is 12.5. The highest BCUT2D eigenvalue weighted by Crippen LogP contribution is 2.24. The van der Waals surface area contributed by atoms with Crippen molar-refractivity contribution in [2.75, 3.05) is 5.32 Å². The van der Waals surface area contributed by atoms with E-state index in [0.29, 0.717) is 0 Å². The number of pyridine rings is 1. The lowest BCUT2D eigenvalue weighted by molar-refractivity contribution is 0.879. The van der Waals surface area contributed by atoms with Gasteiger partial charge in [-0.15, -0.1) is 0 Å². The maximum atomic E-state index is 4.22. The van der Waals surface area contributed by atoms with Crippen molar-refractivity contribution in [1.29, 1.82) is 0 Å². The average Bonchev–Trinajstić information content (AvgIpc) is 3.04. The van der Waals surface area contributed by atoms with E-state index in [1.54, 1.807) is 18.7 Å². The van der Waals surface area contributed by atoms with Gasteiger partial charge in [0.05, 0.1) is 12.0 Å². The van der Waals surface area contributed by atoms with Crippen molar-refractivity contribution in [3.63, 3.8) is 0 Å². The Morgan fingerprint density at radius 2 is 1.95 bits per heavy atom. The average molecular weight is 343 g/mol. The van der Waals surface area contributed by atoms with Crippen molar-refractivity contribution in [1.82, 2.24) is 14.5 Å². The number of anilines is 1. The van der Waals surface area contributed by atoms with E-state index < -0.39 is 0 Å². The van der Waals surface area contributed by atoms with Crippen molar-refractivity contribution < 1.29 is 0 Å². The van der Waals surface area contributed by atoms with Crippen LogP contribution >= 0.6 is 15.9 Å². The molecule has 0 aliphatic rings. The molecule has 3 aromatic rings. The quantitative estimate of drug-likeness (QED) is 0.722. The summed E-state index contributed by atoms with van der Waals surface area (Å²) in [7, 11) is 0. The molecule has 0 bridgehead atoms. The SMILES string of the molecule is CC(Nc1cccnc1Br)c1ccc(-n2ccnc2)cc1. The van der Waals surface area contributed by atoms with Crippen molar-refractivity contribution >= 4 is 21.6 Å². The molecule has 0 aliphatic carbocycles. The Kier molecular flexibility index (Phi) is 4.01. The zero-order chi connectivity index (χ0) is 14.7. The zero-order valence-electron chi connectivity index (χ0n) is 11.6. The summed E-state index contributed by atoms with van der Waals surface area (Å²) in [5, 5.41) is 3.45. The Morgan fingerprint density at radius 1 is 1.14 bits per heavy atom. The molecule has 0 fully saturated rings. The molecule has 1 aromatic carbocycles. The predicted molar refractivity (Wildman–Crippen MR) is 87.5 cm³/mol. The molecule has 3 rings (SSSR count). The maximum absolute atomic E-state index is 4.22. The summed E-state index contributed by atoms with van der Waals surface area (Å²) in [5.41, 5.74) is 3.31. The van der Waals surface area contributed by atoms with E-state index in [2.05, 4.69) is 62.4 Å². The fourth-order valence-corrected chi connectivity index (χ4v) is 2.52. The second kappa shape index (κ2) is 6.10. The number of halogens is 1. The first kappa shape index (κ1) is 13.8. The third-order valence-electron chi connectivity index (χ3n) is 3.33. The Morgan fingerprint density at radius 3 is 2.62 bits per heavy atom. The number of rotatable bonds is 4. The minimum absolute atomic E-state index is 0.197. The fourth-order valence-electron chi connectivity index (χ4n) is 2.16. The number of imidazole rings is 1. The molecule has 0 saturated carbocycles. The van der Waals surface area contributed by atoms with Crippen molar-refractivity contribution in [2.45, 2.75) is 13.0 Å². The van der Waals surface area contributed by atoms with Crippen LogP contribution in [0.2, 0.25) is 0 Å². The number of aromatic nitrogens is 3. The number of hydrogen-bond acceptors (Lipinski definition) is 3. The van der Waals surface area contributed by atoms with E-state index >= 15 is 0 Å². The van der Waals surface area contributed by atoms with Gasteiger partial charge in [0.2, 0.25) is 0 Å². The standard InChI is InChI=1S/C16H15BrN4/c1-12(20-15-3-2-8-19-16(15)17)13-4-6-14(7-5-13)21-10-9-18-11-21/h2-12,20H,1H3. The molecule has 4 nitrogen and oxygen atoms in total. The van der Waals surface area contributed by atoms with Gasteiger partial charge in [-0.05, 0) is 52.7 Å². The molecule has 0 saturated heterocycles. The summed E-state index contributed by atoms with van der Waals surface area (Å²) in [4.78, 5) is 8.28. The third kappa shape index (κ3) is 3.13. The third-order valence-corrected chi connectivity index (χ3v) is 3.96. The second-order valence-corrected chi connectivity index (χ2v) is 5.52. The van der Waals surface area contributed by atoms with Crippen LogP contribution in [0.25, 0.3) is 5.69 Å². The molecule has 0 radical (unpaired) electrons. The van der Waals surface area contributed by atoms with E-state index in [9.17, 15) is 0 Å². The fraction of sp³-hybridized carbons (Fsp3) is 0.125. The first-order valence-electron chi connectivity index (χ1n) is 6.69. The minimum atomic E-state index is 0.197. The molecule has 106 valence electrons. The predicted octanol–water partition coefficient (Wildman–Crippen LogP) is 4.20. The number of nitrogens with zero attached hydrogens (tertiary/aromatic N) is 3. The maximum Gasteiger partial charge on any atom is 0.129 e. The Balaban J connectivity index is 1.76. The summed E-state index contributed by atoms with van der Waals surface area (Å²) >= 11 is 3.45. The first-order valence-corrected chi connectivity index (χ1v) is 7.48. The summed E-state index contributed by atoms with van der Waals surface area (Å²) in [6.45, 7) is 2.13. The Hall–Kier alpha value is -2.14. The summed E-state index contributed by atoms with van der Waals surface area (Å²) < 4.78 is 2.81. The summed E-state index contributed by atoms with van der Waals surface area (Å²) in [6.07, 6.45) is 7.27. The highest BCUT2D eigenvalue weighted by atomic mass is 79.9. The normalized spacial score (nSPS) is 12.1. The Labute approximate surface area is 132 Å². The molecule has 1 atom stereocenters. The molecule has 21 heavy (non-hydrogen) atoms. The molecule has 1 N–H and O–H groups in total. The van der Waals surface area contributed by atoms with Crippen LogP contribution in [0.15, 0.2) is 65.9 Å². The molecule has 0 amide bonds. The van der Waals surface area contributed by atoms with Gasteiger partial charge >= 0.3 is 0 Å². The van der Waals surface area contributed by atoms with Gasteiger partial charge in [-0.3, -0.25) is 0 Å². The van der Waals surface area contributed by atoms with Gasteiger partial charge in [0, 0.05) is 30.3 Å². The topological polar surface area (TPSA) is 42.7 Å². The zero-order valence-corrected chi connectivity index (χ0v) is 13.2. The first-order chi connectivity index (χ1) is 10.2. The van der Waals surface area contributed by atoms with E-state index in [-0.39, 0.29) is 6.04 Å². The van der Waals surface area contributed by atoms with Crippen LogP contribution < -0.4 is 5.32 Å². The van der Waals surface area contributed by atoms with Gasteiger partial charge in [0.15, 0.2) is 0 Å². The highest BCUT2D eigenvalue weighted by Gasteiger charge is 2.08. The number of benzene rings is 1. The number of hydrogen-bond donors (Lipinski definition) is 1. The molecule has 2 heterocycles. The molecular weight excluding hydrogens is 328 g/mol. The van der Waals surface area contributed by atoms with Crippen LogP contribution in [0.5, 0.6) is 0 Å². The van der Waals surface area contributed by atoms with Gasteiger partial charge in [-0.25, -0.2) is 9.97 Å². The van der Waals surface area contributed by atoms with Crippen molar-refractivity contribution in [3.8, 4) is 5.69 Å². The second-order valence-electron chi connectivity index (χ2n) is 4.77.